The summed E-state index contributed by atoms with van der Waals surface area (Å²) in [5.41, 5.74) is 0.736. The van der Waals surface area contributed by atoms with Gasteiger partial charge in [0.25, 0.3) is 0 Å². The monoisotopic (exact) mass is 768 g/mol. The van der Waals surface area contributed by atoms with Crippen molar-refractivity contribution < 1.29 is 69.5 Å². The fraction of sp³-hybridized carbons (Fsp3) is 0.688. The second-order valence-corrected chi connectivity index (χ2v) is 12.7. The minimum absolute atomic E-state index is 0.0119. The SMILES string of the molecule is O=C(O)[C@@H](O)[C@H](O)C(=O)OCCN(CCO)c1nc(N2CCCCC2)c2nc(N(CCO)CCOC(=O)[C@@H](O)[C@H](O)C(=O)O)nc(N3CCCCC3)c2n1. The first kappa shape index (κ1) is 42.0. The number of rotatable bonds is 20. The summed E-state index contributed by atoms with van der Waals surface area (Å²) < 4.78 is 10.1. The normalized spacial score (nSPS) is 17.0. The number of hydrogen-bond acceptors (Lipinski definition) is 20. The van der Waals surface area contributed by atoms with Gasteiger partial charge in [0.15, 0.2) is 36.1 Å². The Kier molecular flexibility index (Phi) is 15.6. The summed E-state index contributed by atoms with van der Waals surface area (Å²) in [6.45, 7) is 0.847. The van der Waals surface area contributed by atoms with E-state index >= 15 is 0 Å². The molecule has 8 N–H and O–H groups in total. The Hall–Kier alpha value is -4.74. The van der Waals surface area contributed by atoms with Crippen molar-refractivity contribution in [3.05, 3.63) is 0 Å². The molecule has 0 saturated carbocycles. The highest BCUT2D eigenvalue weighted by molar-refractivity contribution is 5.95. The predicted molar refractivity (Wildman–Crippen MR) is 187 cm³/mol. The van der Waals surface area contributed by atoms with E-state index in [0.717, 1.165) is 38.5 Å². The van der Waals surface area contributed by atoms with Crippen LogP contribution in [0.5, 0.6) is 0 Å². The molecule has 22 heteroatoms. The summed E-state index contributed by atoms with van der Waals surface area (Å²) in [5.74, 6) is -5.16. The van der Waals surface area contributed by atoms with Crippen molar-refractivity contribution in [2.24, 2.45) is 0 Å². The summed E-state index contributed by atoms with van der Waals surface area (Å²) in [6, 6.07) is 0. The second-order valence-electron chi connectivity index (χ2n) is 12.7. The van der Waals surface area contributed by atoms with Crippen LogP contribution in [0, 0.1) is 0 Å². The van der Waals surface area contributed by atoms with Gasteiger partial charge in [0.05, 0.1) is 26.3 Å². The average molecular weight is 769 g/mol. The molecule has 0 unspecified atom stereocenters. The molecule has 4 atom stereocenters. The lowest BCUT2D eigenvalue weighted by atomic mass is 10.1. The number of esters is 2. The molecule has 22 nitrogen and oxygen atoms in total. The summed E-state index contributed by atoms with van der Waals surface area (Å²) >= 11 is 0. The molecule has 2 fully saturated rings. The van der Waals surface area contributed by atoms with Crippen molar-refractivity contribution in [1.82, 2.24) is 19.9 Å². The lowest BCUT2D eigenvalue weighted by molar-refractivity contribution is -0.169. The average Bonchev–Trinajstić information content (AvgIpc) is 3.18. The number of carboxylic acids is 2. The number of carbonyl (C=O) groups is 4. The molecule has 0 spiro atoms. The Balaban J connectivity index is 1.74. The molecule has 0 bridgehead atoms. The molecule has 2 aromatic rings. The van der Waals surface area contributed by atoms with Crippen molar-refractivity contribution in [2.45, 2.75) is 62.9 Å². The molecule has 2 aliphatic heterocycles. The van der Waals surface area contributed by atoms with E-state index < -0.39 is 48.3 Å². The molecular formula is C32H48N8O14. The maximum absolute atomic E-state index is 12.2. The first-order valence-electron chi connectivity index (χ1n) is 17.7. The quantitative estimate of drug-likeness (QED) is 0.0612. The minimum Gasteiger partial charge on any atom is -0.479 e. The minimum atomic E-state index is -2.38. The standard InChI is InChI=1S/C32H48N8O14/c41-15-11-39(13-17-53-29(51)23(45)21(43)27(47)48)31-34-20-19(25(35-31)37-7-3-1-4-8-37)33-32(36-26(20)38-9-5-2-6-10-38)40(12-16-42)14-18-54-30(52)24(46)22(44)28(49)50/h21-24,41-46H,1-18H2,(H,47,48)(H,49,50)/t21-,22-,23-,24-/m0/s1. The van der Waals surface area contributed by atoms with Gasteiger partial charge >= 0.3 is 23.9 Å². The number of fused-ring (bicyclic) bond motifs is 1. The Morgan fingerprint density at radius 2 is 0.907 bits per heavy atom. The summed E-state index contributed by atoms with van der Waals surface area (Å²) in [5, 5.41) is 76.4. The van der Waals surface area contributed by atoms with Crippen LogP contribution in [0.2, 0.25) is 0 Å². The third kappa shape index (κ3) is 10.7. The topological polar surface area (TPSA) is 313 Å². The van der Waals surface area contributed by atoms with Crippen LogP contribution in [0.4, 0.5) is 23.5 Å². The van der Waals surface area contributed by atoms with Crippen LogP contribution < -0.4 is 19.6 Å². The number of carboxylic acid groups (broad SMARTS) is 2. The highest BCUT2D eigenvalue weighted by Gasteiger charge is 2.33. The second kappa shape index (κ2) is 20.1. The van der Waals surface area contributed by atoms with Gasteiger partial charge in [-0.05, 0) is 38.5 Å². The molecule has 2 aromatic heterocycles. The van der Waals surface area contributed by atoms with E-state index in [9.17, 15) is 49.8 Å². The number of hydrogen-bond donors (Lipinski definition) is 8. The van der Waals surface area contributed by atoms with Crippen LogP contribution in [-0.4, -0.2) is 188 Å². The van der Waals surface area contributed by atoms with Crippen LogP contribution in [0.25, 0.3) is 11.0 Å². The molecule has 4 heterocycles. The van der Waals surface area contributed by atoms with E-state index in [1.807, 2.05) is 9.80 Å². The zero-order valence-corrected chi connectivity index (χ0v) is 29.6. The largest absolute Gasteiger partial charge is 0.479 e. The van der Waals surface area contributed by atoms with Gasteiger partial charge in [-0.25, -0.2) is 29.1 Å². The number of aliphatic hydroxyl groups excluding tert-OH is 6. The van der Waals surface area contributed by atoms with Crippen LogP contribution in [-0.2, 0) is 28.7 Å². The Labute approximate surface area is 309 Å². The number of nitrogens with zero attached hydrogens (tertiary/aromatic N) is 8. The maximum atomic E-state index is 12.2. The van der Waals surface area contributed by atoms with Crippen molar-refractivity contribution in [1.29, 1.82) is 0 Å². The number of piperidine rings is 2. The molecule has 0 amide bonds. The van der Waals surface area contributed by atoms with Gasteiger partial charge in [0, 0.05) is 39.3 Å². The van der Waals surface area contributed by atoms with E-state index in [1.54, 1.807) is 0 Å². The van der Waals surface area contributed by atoms with Gasteiger partial charge in [-0.2, -0.15) is 9.97 Å². The fourth-order valence-corrected chi connectivity index (χ4v) is 5.97. The Bertz CT molecular complexity index is 1480. The number of aromatic nitrogens is 4. The van der Waals surface area contributed by atoms with E-state index in [1.165, 1.54) is 9.80 Å². The van der Waals surface area contributed by atoms with Crippen LogP contribution in [0.15, 0.2) is 0 Å². The van der Waals surface area contributed by atoms with E-state index in [-0.39, 0.29) is 64.5 Å². The number of aliphatic carboxylic acids is 2. The van der Waals surface area contributed by atoms with Crippen LogP contribution >= 0.6 is 0 Å². The maximum Gasteiger partial charge on any atom is 0.338 e. The van der Waals surface area contributed by atoms with Crippen molar-refractivity contribution in [2.75, 3.05) is 98.4 Å². The van der Waals surface area contributed by atoms with Crippen molar-refractivity contribution >= 4 is 58.4 Å². The molecule has 2 aliphatic rings. The summed E-state index contributed by atoms with van der Waals surface area (Å²) in [7, 11) is 0. The third-order valence-corrected chi connectivity index (χ3v) is 8.90. The smallest absolute Gasteiger partial charge is 0.338 e. The van der Waals surface area contributed by atoms with Crippen molar-refractivity contribution in [3.63, 3.8) is 0 Å². The van der Waals surface area contributed by atoms with Gasteiger partial charge in [-0.3, -0.25) is 0 Å². The molecule has 4 rings (SSSR count). The zero-order valence-electron chi connectivity index (χ0n) is 29.6. The first-order valence-corrected chi connectivity index (χ1v) is 17.7. The highest BCUT2D eigenvalue weighted by Crippen LogP contribution is 2.34. The number of ether oxygens (including phenoxy) is 2. The van der Waals surface area contributed by atoms with E-state index in [2.05, 4.69) is 0 Å². The van der Waals surface area contributed by atoms with Gasteiger partial charge in [0.2, 0.25) is 11.9 Å². The van der Waals surface area contributed by atoms with E-state index in [4.69, 9.17) is 39.6 Å². The van der Waals surface area contributed by atoms with Gasteiger partial charge < -0.3 is 69.9 Å². The molecule has 2 saturated heterocycles. The van der Waals surface area contributed by atoms with Gasteiger partial charge in [0.1, 0.15) is 24.2 Å². The number of aliphatic hydroxyl groups is 6. The first-order chi connectivity index (χ1) is 25.9. The number of carbonyl (C=O) groups excluding carboxylic acids is 2. The molecule has 0 aliphatic carbocycles. The van der Waals surface area contributed by atoms with Crippen molar-refractivity contribution in [3.8, 4) is 0 Å². The summed E-state index contributed by atoms with van der Waals surface area (Å²) in [6.07, 6.45) is -3.94. The number of anilines is 4. The fourth-order valence-electron chi connectivity index (χ4n) is 5.97. The summed E-state index contributed by atoms with van der Waals surface area (Å²) in [4.78, 5) is 73.0. The molecular weight excluding hydrogens is 720 g/mol. The van der Waals surface area contributed by atoms with E-state index in [0.29, 0.717) is 48.8 Å². The predicted octanol–water partition coefficient (Wildman–Crippen LogP) is -3.30. The lowest BCUT2D eigenvalue weighted by Gasteiger charge is -2.33. The van der Waals surface area contributed by atoms with Gasteiger partial charge in [-0.15, -0.1) is 0 Å². The van der Waals surface area contributed by atoms with Crippen LogP contribution in [0.1, 0.15) is 38.5 Å². The zero-order chi connectivity index (χ0) is 39.4. The van der Waals surface area contributed by atoms with Crippen LogP contribution in [0.3, 0.4) is 0 Å². The van der Waals surface area contributed by atoms with Gasteiger partial charge in [-0.1, -0.05) is 0 Å². The molecule has 0 aromatic carbocycles. The Morgan fingerprint density at radius 3 is 1.22 bits per heavy atom. The molecule has 300 valence electrons. The molecule has 0 radical (unpaired) electrons. The highest BCUT2D eigenvalue weighted by atomic mass is 16.6. The third-order valence-electron chi connectivity index (χ3n) is 8.90. The Morgan fingerprint density at radius 1 is 0.556 bits per heavy atom. The molecule has 54 heavy (non-hydrogen) atoms. The lowest BCUT2D eigenvalue weighted by Crippen LogP contribution is -2.42.